The lowest BCUT2D eigenvalue weighted by Crippen LogP contribution is -2.09. The van der Waals surface area contributed by atoms with E-state index in [1.165, 1.54) is 4.88 Å². The van der Waals surface area contributed by atoms with Crippen molar-refractivity contribution in [3.63, 3.8) is 0 Å². The zero-order valence-electron chi connectivity index (χ0n) is 11.7. The number of aryl methyl sites for hydroxylation is 1. The molecule has 0 unspecified atom stereocenters. The normalized spacial score (nSPS) is 10.6. The van der Waals surface area contributed by atoms with E-state index < -0.39 is 0 Å². The second-order valence-electron chi connectivity index (χ2n) is 4.44. The summed E-state index contributed by atoms with van der Waals surface area (Å²) in [4.78, 5) is 10.2. The van der Waals surface area contributed by atoms with E-state index in [4.69, 9.17) is 11.6 Å². The van der Waals surface area contributed by atoms with Crippen LogP contribution >= 0.6 is 22.9 Å². The minimum Gasteiger partial charge on any atom is -0.373 e. The summed E-state index contributed by atoms with van der Waals surface area (Å²) in [6.45, 7) is 2.96. The van der Waals surface area contributed by atoms with Crippen LogP contribution in [0.25, 0.3) is 0 Å². The fourth-order valence-electron chi connectivity index (χ4n) is 1.85. The van der Waals surface area contributed by atoms with Gasteiger partial charge in [0, 0.05) is 31.0 Å². The van der Waals surface area contributed by atoms with Gasteiger partial charge in [-0.3, -0.25) is 0 Å². The van der Waals surface area contributed by atoms with Gasteiger partial charge in [-0.15, -0.1) is 11.3 Å². The van der Waals surface area contributed by atoms with Crippen molar-refractivity contribution in [2.45, 2.75) is 26.2 Å². The van der Waals surface area contributed by atoms with Gasteiger partial charge in [0.15, 0.2) is 0 Å². The predicted molar refractivity (Wildman–Crippen MR) is 87.1 cm³/mol. The minimum atomic E-state index is 0.836. The molecule has 0 aromatic carbocycles. The first kappa shape index (κ1) is 15.1. The first-order valence-electron chi connectivity index (χ1n) is 6.75. The largest absolute Gasteiger partial charge is 0.373 e. The molecule has 20 heavy (non-hydrogen) atoms. The fourth-order valence-corrected chi connectivity index (χ4v) is 2.94. The van der Waals surface area contributed by atoms with Crippen LogP contribution in [0.2, 0.25) is 4.34 Å². The lowest BCUT2D eigenvalue weighted by atomic mass is 10.3. The molecule has 108 valence electrons. The average molecular weight is 311 g/mol. The van der Waals surface area contributed by atoms with Crippen LogP contribution < -0.4 is 10.6 Å². The maximum atomic E-state index is 5.92. The van der Waals surface area contributed by atoms with Crippen molar-refractivity contribution in [2.75, 3.05) is 24.2 Å². The van der Waals surface area contributed by atoms with Crippen molar-refractivity contribution in [2.24, 2.45) is 0 Å². The van der Waals surface area contributed by atoms with Gasteiger partial charge < -0.3 is 10.6 Å². The summed E-state index contributed by atoms with van der Waals surface area (Å²) in [5.41, 5.74) is 0. The summed E-state index contributed by atoms with van der Waals surface area (Å²) in [6.07, 6.45) is 2.88. The first-order valence-corrected chi connectivity index (χ1v) is 7.94. The molecule has 4 nitrogen and oxygen atoms in total. The predicted octanol–water partition coefficient (Wildman–Crippen LogP) is 3.84. The molecule has 0 saturated heterocycles. The monoisotopic (exact) mass is 310 g/mol. The van der Waals surface area contributed by atoms with Crippen molar-refractivity contribution in [3.05, 3.63) is 33.2 Å². The molecule has 0 spiro atoms. The molecule has 2 aromatic heterocycles. The molecule has 2 rings (SSSR count). The van der Waals surface area contributed by atoms with Crippen LogP contribution in [0.15, 0.2) is 18.2 Å². The molecule has 0 atom stereocenters. The first-order chi connectivity index (χ1) is 9.71. The maximum Gasteiger partial charge on any atom is 0.133 e. The molecule has 0 fully saturated rings. The highest BCUT2D eigenvalue weighted by atomic mass is 35.5. The van der Waals surface area contributed by atoms with Gasteiger partial charge >= 0.3 is 0 Å². The number of thiophene rings is 1. The fraction of sp³-hybridized carbons (Fsp3) is 0.429. The van der Waals surface area contributed by atoms with Crippen LogP contribution in [-0.2, 0) is 12.8 Å². The van der Waals surface area contributed by atoms with Gasteiger partial charge in [0.1, 0.15) is 17.5 Å². The lowest BCUT2D eigenvalue weighted by Gasteiger charge is -2.09. The molecule has 2 heterocycles. The van der Waals surface area contributed by atoms with E-state index >= 15 is 0 Å². The number of halogens is 1. The molecule has 0 saturated carbocycles. The molecule has 2 N–H and O–H groups in total. The van der Waals surface area contributed by atoms with Crippen LogP contribution in [0.1, 0.15) is 24.0 Å². The van der Waals surface area contributed by atoms with Crippen LogP contribution in [0, 0.1) is 0 Å². The molecule has 0 aliphatic rings. The number of anilines is 2. The van der Waals surface area contributed by atoms with Gasteiger partial charge in [0.2, 0.25) is 0 Å². The summed E-state index contributed by atoms with van der Waals surface area (Å²) in [5.74, 6) is 2.60. The highest BCUT2D eigenvalue weighted by molar-refractivity contribution is 7.16. The summed E-state index contributed by atoms with van der Waals surface area (Å²) in [6, 6.07) is 5.93. The van der Waals surface area contributed by atoms with E-state index in [1.54, 1.807) is 11.3 Å². The van der Waals surface area contributed by atoms with Gasteiger partial charge in [-0.25, -0.2) is 9.97 Å². The summed E-state index contributed by atoms with van der Waals surface area (Å²) in [7, 11) is 1.87. The summed E-state index contributed by atoms with van der Waals surface area (Å²) in [5, 5.41) is 6.42. The van der Waals surface area contributed by atoms with E-state index in [0.29, 0.717) is 0 Å². The van der Waals surface area contributed by atoms with Crippen molar-refractivity contribution in [3.8, 4) is 0 Å². The van der Waals surface area contributed by atoms with Crippen molar-refractivity contribution < 1.29 is 0 Å². The SMILES string of the molecule is CCCc1nc(NC)cc(NCCc2ccc(Cl)s2)n1. The number of rotatable bonds is 7. The molecule has 0 aliphatic heterocycles. The molecule has 2 aromatic rings. The Morgan fingerprint density at radius 2 is 2.00 bits per heavy atom. The Labute approximate surface area is 128 Å². The zero-order chi connectivity index (χ0) is 14.4. The number of nitrogens with zero attached hydrogens (tertiary/aromatic N) is 2. The number of hydrogen-bond donors (Lipinski definition) is 2. The van der Waals surface area contributed by atoms with Crippen LogP contribution in [-0.4, -0.2) is 23.6 Å². The third-order valence-electron chi connectivity index (χ3n) is 2.81. The lowest BCUT2D eigenvalue weighted by molar-refractivity contribution is 0.834. The molecule has 6 heteroatoms. The minimum absolute atomic E-state index is 0.836. The molecular formula is C14H19ClN4S. The van der Waals surface area contributed by atoms with Gasteiger partial charge in [-0.05, 0) is 25.0 Å². The van der Waals surface area contributed by atoms with E-state index in [2.05, 4.69) is 33.6 Å². The Bertz CT molecular complexity index is 556. The second kappa shape index (κ2) is 7.45. The third kappa shape index (κ3) is 4.35. The summed E-state index contributed by atoms with van der Waals surface area (Å²) >= 11 is 7.54. The van der Waals surface area contributed by atoms with Gasteiger partial charge in [0.05, 0.1) is 4.34 Å². The maximum absolute atomic E-state index is 5.92. The summed E-state index contributed by atoms with van der Waals surface area (Å²) < 4.78 is 0.838. The van der Waals surface area contributed by atoms with Gasteiger partial charge in [-0.1, -0.05) is 18.5 Å². The van der Waals surface area contributed by atoms with Crippen molar-refractivity contribution >= 4 is 34.6 Å². The molecular weight excluding hydrogens is 292 g/mol. The van der Waals surface area contributed by atoms with E-state index in [1.807, 2.05) is 19.2 Å². The van der Waals surface area contributed by atoms with Crippen LogP contribution in [0.5, 0.6) is 0 Å². The Balaban J connectivity index is 1.95. The smallest absolute Gasteiger partial charge is 0.133 e. The number of aromatic nitrogens is 2. The van der Waals surface area contributed by atoms with E-state index in [-0.39, 0.29) is 0 Å². The third-order valence-corrected chi connectivity index (χ3v) is 4.10. The average Bonchev–Trinajstić information content (AvgIpc) is 2.84. The number of nitrogens with one attached hydrogen (secondary N) is 2. The Morgan fingerprint density at radius 3 is 2.65 bits per heavy atom. The van der Waals surface area contributed by atoms with Crippen LogP contribution in [0.3, 0.4) is 0 Å². The molecule has 0 bridgehead atoms. The van der Waals surface area contributed by atoms with E-state index in [0.717, 1.165) is 47.6 Å². The topological polar surface area (TPSA) is 49.8 Å². The molecule has 0 amide bonds. The molecule has 0 aliphatic carbocycles. The zero-order valence-corrected chi connectivity index (χ0v) is 13.3. The highest BCUT2D eigenvalue weighted by Crippen LogP contribution is 2.21. The van der Waals surface area contributed by atoms with Gasteiger partial charge in [-0.2, -0.15) is 0 Å². The molecule has 0 radical (unpaired) electrons. The second-order valence-corrected chi connectivity index (χ2v) is 6.24. The number of hydrogen-bond acceptors (Lipinski definition) is 5. The standard InChI is InChI=1S/C14H19ClN4S/c1-3-4-12-18-13(16-2)9-14(19-12)17-8-7-10-5-6-11(15)20-10/h5-6,9H,3-4,7-8H2,1-2H3,(H2,16,17,18,19). The quantitative estimate of drug-likeness (QED) is 0.816. The Kier molecular flexibility index (Phi) is 5.61. The highest BCUT2D eigenvalue weighted by Gasteiger charge is 2.04. The van der Waals surface area contributed by atoms with Crippen LogP contribution in [0.4, 0.5) is 11.6 Å². The Hall–Kier alpha value is -1.33. The van der Waals surface area contributed by atoms with Crippen molar-refractivity contribution in [1.29, 1.82) is 0 Å². The van der Waals surface area contributed by atoms with Gasteiger partial charge in [0.25, 0.3) is 0 Å². The van der Waals surface area contributed by atoms with Crippen molar-refractivity contribution in [1.82, 2.24) is 9.97 Å². The van der Waals surface area contributed by atoms with E-state index in [9.17, 15) is 0 Å². The Morgan fingerprint density at radius 1 is 1.20 bits per heavy atom.